The van der Waals surface area contributed by atoms with Crippen molar-refractivity contribution in [3.8, 4) is 33.6 Å². The largest absolute Gasteiger partial charge is 0.295 e. The SMILES string of the molecule is Fc1ccccc1-n1cnc2cnc3ccc(-c4ccncc4)cc3c21.Fc1ccccc1-n1cnc2cnc3ccc(-c4ccncc4)cc3c21. The number of hydrogen-bond donors (Lipinski definition) is 0. The average molecular weight is 681 g/mol. The molecule has 0 amide bonds. The van der Waals surface area contributed by atoms with Gasteiger partial charge in [0.15, 0.2) is 0 Å². The second kappa shape index (κ2) is 12.9. The highest BCUT2D eigenvalue weighted by molar-refractivity contribution is 6.05. The maximum atomic E-state index is 14.4. The van der Waals surface area contributed by atoms with Crippen LogP contribution in [0.3, 0.4) is 0 Å². The van der Waals surface area contributed by atoms with Crippen LogP contribution in [0.1, 0.15) is 0 Å². The Morgan fingerprint density at radius 3 is 1.25 bits per heavy atom. The summed E-state index contributed by atoms with van der Waals surface area (Å²) in [7, 11) is 0. The number of fused-ring (bicyclic) bond motifs is 6. The number of aromatic nitrogens is 8. The summed E-state index contributed by atoms with van der Waals surface area (Å²) in [5.74, 6) is -0.580. The van der Waals surface area contributed by atoms with E-state index in [-0.39, 0.29) is 11.6 Å². The maximum Gasteiger partial charge on any atom is 0.147 e. The summed E-state index contributed by atoms with van der Waals surface area (Å²) < 4.78 is 32.3. The van der Waals surface area contributed by atoms with Gasteiger partial charge in [-0.05, 0) is 95.1 Å². The second-order valence-electron chi connectivity index (χ2n) is 12.1. The van der Waals surface area contributed by atoms with E-state index in [1.54, 1.807) is 83.2 Å². The number of pyridine rings is 4. The Balaban J connectivity index is 0.000000138. The van der Waals surface area contributed by atoms with Crippen LogP contribution in [-0.2, 0) is 0 Å². The van der Waals surface area contributed by atoms with Crippen molar-refractivity contribution in [1.82, 2.24) is 39.0 Å². The van der Waals surface area contributed by atoms with Gasteiger partial charge >= 0.3 is 0 Å². The predicted molar refractivity (Wildman–Crippen MR) is 199 cm³/mol. The Hall–Kier alpha value is -7.20. The van der Waals surface area contributed by atoms with Crippen molar-refractivity contribution in [2.45, 2.75) is 0 Å². The smallest absolute Gasteiger partial charge is 0.147 e. The molecule has 10 rings (SSSR count). The van der Waals surface area contributed by atoms with Crippen LogP contribution in [-0.4, -0.2) is 39.0 Å². The molecular weight excluding hydrogens is 655 g/mol. The molecule has 0 atom stereocenters. The highest BCUT2D eigenvalue weighted by Crippen LogP contribution is 2.32. The quantitative estimate of drug-likeness (QED) is 0.184. The van der Waals surface area contributed by atoms with Crippen molar-refractivity contribution in [3.63, 3.8) is 0 Å². The molecule has 6 aromatic heterocycles. The lowest BCUT2D eigenvalue weighted by Gasteiger charge is -2.09. The molecule has 0 aliphatic rings. The molecule has 8 nitrogen and oxygen atoms in total. The van der Waals surface area contributed by atoms with Gasteiger partial charge in [-0.15, -0.1) is 0 Å². The van der Waals surface area contributed by atoms with Crippen LogP contribution < -0.4 is 0 Å². The van der Waals surface area contributed by atoms with Crippen molar-refractivity contribution >= 4 is 43.9 Å². The van der Waals surface area contributed by atoms with Gasteiger partial charge in [0, 0.05) is 35.6 Å². The van der Waals surface area contributed by atoms with Crippen LogP contribution in [0.25, 0.3) is 77.5 Å². The minimum absolute atomic E-state index is 0.290. The van der Waals surface area contributed by atoms with Gasteiger partial charge in [0.2, 0.25) is 0 Å². The number of benzene rings is 4. The molecule has 6 heterocycles. The fourth-order valence-electron chi connectivity index (χ4n) is 6.49. The topological polar surface area (TPSA) is 87.2 Å². The number of rotatable bonds is 4. The van der Waals surface area contributed by atoms with Crippen molar-refractivity contribution in [3.05, 3.63) is 171 Å². The molecule has 0 bridgehead atoms. The Kier molecular flexibility index (Phi) is 7.66. The van der Waals surface area contributed by atoms with Gasteiger partial charge in [-0.1, -0.05) is 36.4 Å². The van der Waals surface area contributed by atoms with Gasteiger partial charge in [0.05, 0.1) is 45.8 Å². The van der Waals surface area contributed by atoms with E-state index in [0.29, 0.717) is 11.4 Å². The molecule has 0 unspecified atom stereocenters. The molecule has 10 heteroatoms. The van der Waals surface area contributed by atoms with Crippen LogP contribution in [0, 0.1) is 11.6 Å². The molecule has 0 saturated heterocycles. The Bertz CT molecular complexity index is 2690. The van der Waals surface area contributed by atoms with E-state index in [9.17, 15) is 8.78 Å². The minimum Gasteiger partial charge on any atom is -0.295 e. The van der Waals surface area contributed by atoms with Gasteiger partial charge in [0.1, 0.15) is 35.3 Å². The zero-order valence-corrected chi connectivity index (χ0v) is 27.3. The number of nitrogens with zero attached hydrogens (tertiary/aromatic N) is 8. The first kappa shape index (κ1) is 30.8. The lowest BCUT2D eigenvalue weighted by molar-refractivity contribution is 0.619. The van der Waals surface area contributed by atoms with Gasteiger partial charge in [-0.25, -0.2) is 18.7 Å². The van der Waals surface area contributed by atoms with Gasteiger partial charge in [0.25, 0.3) is 0 Å². The molecule has 0 N–H and O–H groups in total. The minimum atomic E-state index is -0.290. The number of hydrogen-bond acceptors (Lipinski definition) is 6. The normalized spacial score (nSPS) is 11.3. The zero-order valence-electron chi connectivity index (χ0n) is 27.3. The van der Waals surface area contributed by atoms with Crippen LogP contribution >= 0.6 is 0 Å². The third-order valence-electron chi connectivity index (χ3n) is 9.00. The standard InChI is InChI=1S/2C21H13FN4/c2*22-17-3-1-2-4-20(17)26-13-25-19-12-24-18-6-5-15(11-16(18)21(19)26)14-7-9-23-10-8-14/h2*1-13H. The van der Waals surface area contributed by atoms with E-state index >= 15 is 0 Å². The summed E-state index contributed by atoms with van der Waals surface area (Å²) in [6, 6.07) is 33.4. The van der Waals surface area contributed by atoms with E-state index < -0.39 is 0 Å². The van der Waals surface area contributed by atoms with Crippen molar-refractivity contribution in [2.75, 3.05) is 0 Å². The third-order valence-corrected chi connectivity index (χ3v) is 9.00. The monoisotopic (exact) mass is 680 g/mol. The predicted octanol–water partition coefficient (Wildman–Crippen LogP) is 9.55. The number of imidazole rings is 2. The molecule has 0 spiro atoms. The molecule has 52 heavy (non-hydrogen) atoms. The summed E-state index contributed by atoms with van der Waals surface area (Å²) >= 11 is 0. The fraction of sp³-hybridized carbons (Fsp3) is 0. The zero-order chi connectivity index (χ0) is 35.0. The number of para-hydroxylation sites is 2. The van der Waals surface area contributed by atoms with Crippen LogP contribution in [0.4, 0.5) is 8.78 Å². The molecule has 10 aromatic rings. The maximum absolute atomic E-state index is 14.4. The second-order valence-corrected chi connectivity index (χ2v) is 12.1. The molecule has 0 aliphatic heterocycles. The van der Waals surface area contributed by atoms with Crippen LogP contribution in [0.15, 0.2) is 159 Å². The fourth-order valence-corrected chi connectivity index (χ4v) is 6.49. The van der Waals surface area contributed by atoms with E-state index in [4.69, 9.17) is 0 Å². The first-order valence-corrected chi connectivity index (χ1v) is 16.4. The molecule has 0 radical (unpaired) electrons. The molecule has 0 aliphatic carbocycles. The Labute approximate surface area is 295 Å². The van der Waals surface area contributed by atoms with Crippen LogP contribution in [0.5, 0.6) is 0 Å². The molecule has 4 aromatic carbocycles. The Morgan fingerprint density at radius 2 is 0.827 bits per heavy atom. The van der Waals surface area contributed by atoms with E-state index in [1.807, 2.05) is 60.7 Å². The van der Waals surface area contributed by atoms with Crippen molar-refractivity contribution in [2.24, 2.45) is 0 Å². The van der Waals surface area contributed by atoms with E-state index in [1.165, 1.54) is 12.1 Å². The van der Waals surface area contributed by atoms with E-state index in [2.05, 4.69) is 42.0 Å². The summed E-state index contributed by atoms with van der Waals surface area (Å²) in [6.45, 7) is 0. The van der Waals surface area contributed by atoms with Gasteiger partial charge < -0.3 is 0 Å². The average Bonchev–Trinajstić information content (AvgIpc) is 3.84. The lowest BCUT2D eigenvalue weighted by Crippen LogP contribution is -1.96. The van der Waals surface area contributed by atoms with Crippen molar-refractivity contribution in [1.29, 1.82) is 0 Å². The lowest BCUT2D eigenvalue weighted by atomic mass is 10.0. The summed E-state index contributed by atoms with van der Waals surface area (Å²) in [5.41, 5.74) is 10.0. The number of halogens is 2. The van der Waals surface area contributed by atoms with Gasteiger partial charge in [-0.2, -0.15) is 0 Å². The van der Waals surface area contributed by atoms with Crippen LogP contribution in [0.2, 0.25) is 0 Å². The first-order chi connectivity index (χ1) is 25.6. The van der Waals surface area contributed by atoms with Gasteiger partial charge in [-0.3, -0.25) is 29.1 Å². The summed E-state index contributed by atoms with van der Waals surface area (Å²) in [5, 5.41) is 1.86. The highest BCUT2D eigenvalue weighted by atomic mass is 19.1. The molecule has 0 saturated carbocycles. The molecule has 0 fully saturated rings. The molecule has 248 valence electrons. The third kappa shape index (κ3) is 5.48. The molecular formula is C42H26F2N8. The summed E-state index contributed by atoms with van der Waals surface area (Å²) in [6.07, 6.45) is 13.8. The Morgan fingerprint density at radius 1 is 0.404 bits per heavy atom. The first-order valence-electron chi connectivity index (χ1n) is 16.4. The van der Waals surface area contributed by atoms with Crippen molar-refractivity contribution < 1.29 is 8.78 Å². The highest BCUT2D eigenvalue weighted by Gasteiger charge is 2.15. The van der Waals surface area contributed by atoms with E-state index in [0.717, 1.165) is 66.1 Å². The summed E-state index contributed by atoms with van der Waals surface area (Å²) in [4.78, 5) is 25.9.